The number of methoxy groups -OCH3 is 1. The van der Waals surface area contributed by atoms with E-state index >= 15 is 0 Å². The first-order valence-corrected chi connectivity index (χ1v) is 10.4. The van der Waals surface area contributed by atoms with E-state index in [4.69, 9.17) is 0 Å². The molecule has 12 heteroatoms. The third kappa shape index (κ3) is 7.39. The number of nitrogens with one attached hydrogen (secondary N) is 2. The summed E-state index contributed by atoms with van der Waals surface area (Å²) in [4.78, 5) is 22.9. The summed E-state index contributed by atoms with van der Waals surface area (Å²) in [6.45, 7) is -0.745. The fourth-order valence-corrected chi connectivity index (χ4v) is 3.45. The molecule has 0 bridgehead atoms. The molecule has 0 fully saturated rings. The number of hydrogen-bond donors (Lipinski definition) is 2. The van der Waals surface area contributed by atoms with Crippen LogP contribution in [0.15, 0.2) is 29.2 Å². The molecule has 0 aliphatic heterocycles. The Balaban J connectivity index is 2.78. The van der Waals surface area contributed by atoms with Crippen molar-refractivity contribution in [2.24, 2.45) is 0 Å². The molecule has 0 heterocycles. The molecule has 1 aromatic rings. The molecular formula is C15H19F3N2O5S2. The van der Waals surface area contributed by atoms with Crippen LogP contribution in [0.25, 0.3) is 0 Å². The summed E-state index contributed by atoms with van der Waals surface area (Å²) in [5, 5.41) is 2.33. The second-order valence-corrected chi connectivity index (χ2v) is 8.03. The van der Waals surface area contributed by atoms with Gasteiger partial charge in [0.1, 0.15) is 6.04 Å². The SMILES string of the molecule is COC(=O)[C@@H](CCSC)NC(=O)CNS(=O)(=O)c1cccc(C(F)(F)F)c1. The number of amides is 1. The molecule has 0 aliphatic carbocycles. The first-order chi connectivity index (χ1) is 12.5. The van der Waals surface area contributed by atoms with Crippen molar-refractivity contribution in [3.8, 4) is 0 Å². The topological polar surface area (TPSA) is 102 Å². The van der Waals surface area contributed by atoms with Crippen molar-refractivity contribution in [3.05, 3.63) is 29.8 Å². The van der Waals surface area contributed by atoms with Gasteiger partial charge in [0.2, 0.25) is 15.9 Å². The number of rotatable bonds is 9. The van der Waals surface area contributed by atoms with Gasteiger partial charge in [-0.1, -0.05) is 6.07 Å². The molecule has 1 atom stereocenters. The molecule has 7 nitrogen and oxygen atoms in total. The van der Waals surface area contributed by atoms with Gasteiger partial charge in [-0.2, -0.15) is 24.9 Å². The number of halogens is 3. The van der Waals surface area contributed by atoms with Crippen LogP contribution in [-0.4, -0.2) is 52.0 Å². The summed E-state index contributed by atoms with van der Waals surface area (Å²) in [5.74, 6) is -0.948. The van der Waals surface area contributed by atoms with Crippen LogP contribution >= 0.6 is 11.8 Å². The van der Waals surface area contributed by atoms with Crippen LogP contribution in [0.3, 0.4) is 0 Å². The zero-order valence-electron chi connectivity index (χ0n) is 14.5. The number of carbonyl (C=O) groups is 2. The largest absolute Gasteiger partial charge is 0.467 e. The lowest BCUT2D eigenvalue weighted by atomic mass is 10.2. The first kappa shape index (κ1) is 23.2. The Kier molecular flexibility index (Phi) is 8.57. The highest BCUT2D eigenvalue weighted by Crippen LogP contribution is 2.30. The van der Waals surface area contributed by atoms with Crippen molar-refractivity contribution in [2.75, 3.05) is 25.7 Å². The smallest absolute Gasteiger partial charge is 0.416 e. The van der Waals surface area contributed by atoms with E-state index in [1.807, 2.05) is 4.72 Å². The maximum Gasteiger partial charge on any atom is 0.416 e. The number of sulfonamides is 1. The molecule has 1 rings (SSSR count). The Morgan fingerprint density at radius 1 is 1.30 bits per heavy atom. The predicted octanol–water partition coefficient (Wildman–Crippen LogP) is 1.39. The summed E-state index contributed by atoms with van der Waals surface area (Å²) in [6.07, 6.45) is -2.62. The van der Waals surface area contributed by atoms with E-state index in [9.17, 15) is 31.2 Å². The second-order valence-electron chi connectivity index (χ2n) is 5.27. The molecule has 0 saturated carbocycles. The summed E-state index contributed by atoms with van der Waals surface area (Å²) < 4.78 is 68.8. The third-order valence-corrected chi connectivity index (χ3v) is 5.37. The molecule has 0 radical (unpaired) electrons. The van der Waals surface area contributed by atoms with Crippen LogP contribution in [0.4, 0.5) is 13.2 Å². The Hall–Kier alpha value is -1.79. The molecule has 2 N–H and O–H groups in total. The quantitative estimate of drug-likeness (QED) is 0.577. The van der Waals surface area contributed by atoms with Crippen LogP contribution in [0, 0.1) is 0 Å². The lowest BCUT2D eigenvalue weighted by molar-refractivity contribution is -0.145. The van der Waals surface area contributed by atoms with Crippen molar-refractivity contribution in [3.63, 3.8) is 0 Å². The fraction of sp³-hybridized carbons (Fsp3) is 0.467. The average molecular weight is 428 g/mol. The van der Waals surface area contributed by atoms with E-state index in [1.165, 1.54) is 11.8 Å². The number of benzene rings is 1. The monoisotopic (exact) mass is 428 g/mol. The summed E-state index contributed by atoms with van der Waals surface area (Å²) in [5.41, 5.74) is -1.13. The van der Waals surface area contributed by atoms with Gasteiger partial charge < -0.3 is 10.1 Å². The van der Waals surface area contributed by atoms with E-state index < -0.39 is 51.1 Å². The van der Waals surface area contributed by atoms with Crippen molar-refractivity contribution in [2.45, 2.75) is 23.5 Å². The van der Waals surface area contributed by atoms with Crippen molar-refractivity contribution >= 4 is 33.7 Å². The Labute approximate surface area is 159 Å². The van der Waals surface area contributed by atoms with E-state index in [-0.39, 0.29) is 6.42 Å². The lowest BCUT2D eigenvalue weighted by Gasteiger charge is -2.16. The zero-order valence-corrected chi connectivity index (χ0v) is 16.1. The Bertz CT molecular complexity index is 769. The van der Waals surface area contributed by atoms with Crippen LogP contribution in [0.2, 0.25) is 0 Å². The van der Waals surface area contributed by atoms with Gasteiger partial charge in [0, 0.05) is 0 Å². The van der Waals surface area contributed by atoms with E-state index in [2.05, 4.69) is 10.1 Å². The number of esters is 1. The Morgan fingerprint density at radius 2 is 1.96 bits per heavy atom. The van der Waals surface area contributed by atoms with Crippen LogP contribution in [0.1, 0.15) is 12.0 Å². The Morgan fingerprint density at radius 3 is 2.52 bits per heavy atom. The second kappa shape index (κ2) is 9.95. The molecule has 0 spiro atoms. The first-order valence-electron chi connectivity index (χ1n) is 7.54. The minimum absolute atomic E-state index is 0.278. The molecule has 27 heavy (non-hydrogen) atoms. The van der Waals surface area contributed by atoms with Gasteiger partial charge in [0.05, 0.1) is 24.1 Å². The maximum absolute atomic E-state index is 12.7. The van der Waals surface area contributed by atoms with Crippen molar-refractivity contribution in [1.29, 1.82) is 0 Å². The van der Waals surface area contributed by atoms with Gasteiger partial charge in [0.15, 0.2) is 0 Å². The summed E-state index contributed by atoms with van der Waals surface area (Å²) in [6, 6.07) is 2.18. The molecule has 0 aliphatic rings. The lowest BCUT2D eigenvalue weighted by Crippen LogP contribution is -2.46. The normalized spacial score (nSPS) is 13.1. The minimum Gasteiger partial charge on any atom is -0.467 e. The molecule has 1 amide bonds. The van der Waals surface area contributed by atoms with Gasteiger partial charge in [-0.05, 0) is 36.6 Å². The number of hydrogen-bond acceptors (Lipinski definition) is 6. The van der Waals surface area contributed by atoms with Gasteiger partial charge in [-0.15, -0.1) is 0 Å². The summed E-state index contributed by atoms with van der Waals surface area (Å²) in [7, 11) is -3.20. The number of alkyl halides is 3. The number of ether oxygens (including phenoxy) is 1. The molecule has 152 valence electrons. The highest BCUT2D eigenvalue weighted by molar-refractivity contribution is 7.98. The van der Waals surface area contributed by atoms with Crippen molar-refractivity contribution < 1.29 is 35.9 Å². The maximum atomic E-state index is 12.7. The van der Waals surface area contributed by atoms with E-state index in [0.717, 1.165) is 25.3 Å². The van der Waals surface area contributed by atoms with E-state index in [1.54, 1.807) is 6.26 Å². The van der Waals surface area contributed by atoms with Crippen LogP contribution in [-0.2, 0) is 30.5 Å². The molecule has 0 saturated heterocycles. The highest BCUT2D eigenvalue weighted by atomic mass is 32.2. The van der Waals surface area contributed by atoms with E-state index in [0.29, 0.717) is 11.8 Å². The number of thioether (sulfide) groups is 1. The summed E-state index contributed by atoms with van der Waals surface area (Å²) >= 11 is 1.44. The van der Waals surface area contributed by atoms with Gasteiger partial charge in [0.25, 0.3) is 0 Å². The predicted molar refractivity (Wildman–Crippen MR) is 93.6 cm³/mol. The molecular weight excluding hydrogens is 409 g/mol. The molecule has 1 aromatic carbocycles. The third-order valence-electron chi connectivity index (χ3n) is 3.33. The number of carbonyl (C=O) groups excluding carboxylic acids is 2. The fourth-order valence-electron chi connectivity index (χ4n) is 1.96. The van der Waals surface area contributed by atoms with Crippen LogP contribution < -0.4 is 10.0 Å². The molecule has 0 aromatic heterocycles. The minimum atomic E-state index is -4.70. The average Bonchev–Trinajstić information content (AvgIpc) is 2.62. The standard InChI is InChI=1S/C15H19F3N2O5S2/c1-25-14(22)12(6-7-26-2)20-13(21)9-19-27(23,24)11-5-3-4-10(8-11)15(16,17)18/h3-5,8,12,19H,6-7,9H2,1-2H3,(H,20,21)/t12-/m1/s1. The van der Waals surface area contributed by atoms with Crippen LogP contribution in [0.5, 0.6) is 0 Å². The van der Waals surface area contributed by atoms with Gasteiger partial charge >= 0.3 is 12.1 Å². The highest BCUT2D eigenvalue weighted by Gasteiger charge is 2.31. The zero-order chi connectivity index (χ0) is 20.7. The van der Waals surface area contributed by atoms with Crippen molar-refractivity contribution in [1.82, 2.24) is 10.0 Å². The molecule has 0 unspecified atom stereocenters. The van der Waals surface area contributed by atoms with Gasteiger partial charge in [-0.25, -0.2) is 17.9 Å². The van der Waals surface area contributed by atoms with Gasteiger partial charge in [-0.3, -0.25) is 4.79 Å².